The number of aryl methyl sites for hydroxylation is 1. The van der Waals surface area contributed by atoms with Gasteiger partial charge in [0.05, 0.1) is 19.8 Å². The second kappa shape index (κ2) is 10.5. The maximum atomic E-state index is 13.1. The van der Waals surface area contributed by atoms with E-state index in [9.17, 15) is 4.79 Å². The Morgan fingerprint density at radius 2 is 2.00 bits per heavy atom. The number of hydrogen-bond acceptors (Lipinski definition) is 7. The molecule has 2 aromatic rings. The molecule has 1 aliphatic rings. The van der Waals surface area contributed by atoms with Crippen LogP contribution in [0.1, 0.15) is 41.4 Å². The lowest BCUT2D eigenvalue weighted by Gasteiger charge is -2.28. The average Bonchev–Trinajstić information content (AvgIpc) is 2.77. The van der Waals surface area contributed by atoms with Gasteiger partial charge in [-0.3, -0.25) is 4.79 Å². The molecule has 0 saturated carbocycles. The number of hydrogen-bond donors (Lipinski definition) is 1. The molecule has 0 spiro atoms. The predicted molar refractivity (Wildman–Crippen MR) is 123 cm³/mol. The summed E-state index contributed by atoms with van der Waals surface area (Å²) in [5.74, 6) is 1.41. The zero-order valence-electron chi connectivity index (χ0n) is 19.1. The molecule has 0 bridgehead atoms. The van der Waals surface area contributed by atoms with Crippen molar-refractivity contribution >= 4 is 23.4 Å². The van der Waals surface area contributed by atoms with Gasteiger partial charge < -0.3 is 24.6 Å². The molecule has 1 amide bonds. The second-order valence-corrected chi connectivity index (χ2v) is 8.11. The van der Waals surface area contributed by atoms with Gasteiger partial charge in [-0.15, -0.1) is 0 Å². The molecule has 1 aliphatic heterocycles. The van der Waals surface area contributed by atoms with Crippen LogP contribution in [0.3, 0.4) is 0 Å². The van der Waals surface area contributed by atoms with Gasteiger partial charge in [0.15, 0.2) is 0 Å². The number of nitrogens with zero attached hydrogens (tertiary/aromatic N) is 4. The van der Waals surface area contributed by atoms with Crippen LogP contribution in [-0.2, 0) is 9.47 Å². The number of anilines is 3. The van der Waals surface area contributed by atoms with E-state index in [1.807, 2.05) is 24.1 Å². The molecule has 1 saturated heterocycles. The third kappa shape index (κ3) is 5.92. The molecule has 2 heterocycles. The number of likely N-dealkylation sites (N-methyl/N-ethyl adjacent to an activating group) is 1. The first-order chi connectivity index (χ1) is 14.9. The molecule has 1 aromatic heterocycles. The summed E-state index contributed by atoms with van der Waals surface area (Å²) in [6.07, 6.45) is 0. The molecule has 31 heavy (non-hydrogen) atoms. The highest BCUT2D eigenvalue weighted by Crippen LogP contribution is 2.23. The van der Waals surface area contributed by atoms with Crippen LogP contribution in [0.25, 0.3) is 0 Å². The highest BCUT2D eigenvalue weighted by molar-refractivity contribution is 6.03. The van der Waals surface area contributed by atoms with Crippen LogP contribution in [0.15, 0.2) is 24.3 Å². The van der Waals surface area contributed by atoms with Crippen LogP contribution in [0, 0.1) is 6.92 Å². The molecule has 0 radical (unpaired) electrons. The van der Waals surface area contributed by atoms with Crippen LogP contribution in [-0.4, -0.2) is 69.5 Å². The Bertz CT molecular complexity index is 897. The predicted octanol–water partition coefficient (Wildman–Crippen LogP) is 3.08. The van der Waals surface area contributed by atoms with Crippen molar-refractivity contribution in [3.63, 3.8) is 0 Å². The van der Waals surface area contributed by atoms with E-state index < -0.39 is 0 Å². The number of aromatic nitrogens is 2. The molecule has 0 atom stereocenters. The van der Waals surface area contributed by atoms with Gasteiger partial charge >= 0.3 is 0 Å². The summed E-state index contributed by atoms with van der Waals surface area (Å²) in [6.45, 7) is 10.3. The number of nitrogens with one attached hydrogen (secondary N) is 1. The van der Waals surface area contributed by atoms with Crippen LogP contribution in [0.4, 0.5) is 17.5 Å². The minimum absolute atomic E-state index is 0.255. The fourth-order valence-electron chi connectivity index (χ4n) is 3.58. The molecule has 0 aliphatic carbocycles. The van der Waals surface area contributed by atoms with E-state index in [2.05, 4.69) is 42.0 Å². The first-order valence-corrected chi connectivity index (χ1v) is 10.7. The van der Waals surface area contributed by atoms with Gasteiger partial charge in [0.1, 0.15) is 11.5 Å². The van der Waals surface area contributed by atoms with E-state index in [1.165, 1.54) is 5.56 Å². The first-order valence-electron chi connectivity index (χ1n) is 10.7. The maximum absolute atomic E-state index is 13.1. The van der Waals surface area contributed by atoms with E-state index in [0.717, 1.165) is 11.3 Å². The Morgan fingerprint density at radius 3 is 2.65 bits per heavy atom. The van der Waals surface area contributed by atoms with Crippen LogP contribution >= 0.6 is 0 Å². The SMILES string of the molecule is COCCN(C)c1cc(C(=O)Nc2ccc(C(C)C)c(C)c2)nc(N2CCOCC2)n1. The van der Waals surface area contributed by atoms with Gasteiger partial charge in [-0.05, 0) is 36.1 Å². The van der Waals surface area contributed by atoms with Crippen molar-refractivity contribution < 1.29 is 14.3 Å². The lowest BCUT2D eigenvalue weighted by molar-refractivity contribution is 0.102. The van der Waals surface area contributed by atoms with Crippen molar-refractivity contribution in [3.8, 4) is 0 Å². The first kappa shape index (κ1) is 23.0. The lowest BCUT2D eigenvalue weighted by Crippen LogP contribution is -2.38. The third-order valence-electron chi connectivity index (χ3n) is 5.40. The van der Waals surface area contributed by atoms with E-state index in [0.29, 0.717) is 62.8 Å². The molecule has 8 heteroatoms. The Morgan fingerprint density at radius 1 is 1.26 bits per heavy atom. The number of methoxy groups -OCH3 is 1. The number of rotatable bonds is 8. The van der Waals surface area contributed by atoms with Gasteiger partial charge in [-0.1, -0.05) is 19.9 Å². The molecule has 1 aromatic carbocycles. The normalized spacial score (nSPS) is 14.1. The summed E-state index contributed by atoms with van der Waals surface area (Å²) in [5, 5.41) is 2.99. The summed E-state index contributed by atoms with van der Waals surface area (Å²) in [6, 6.07) is 7.74. The Labute approximate surface area is 184 Å². The van der Waals surface area contributed by atoms with E-state index >= 15 is 0 Å². The molecule has 3 rings (SSSR count). The fourth-order valence-corrected chi connectivity index (χ4v) is 3.58. The topological polar surface area (TPSA) is 79.8 Å². The Hall–Kier alpha value is -2.71. The quantitative estimate of drug-likeness (QED) is 0.693. The monoisotopic (exact) mass is 427 g/mol. The number of carbonyl (C=O) groups excluding carboxylic acids is 1. The fraction of sp³-hybridized carbons (Fsp3) is 0.522. The third-order valence-corrected chi connectivity index (χ3v) is 5.40. The van der Waals surface area contributed by atoms with E-state index in [1.54, 1.807) is 13.2 Å². The summed E-state index contributed by atoms with van der Waals surface area (Å²) in [5.41, 5.74) is 3.52. The van der Waals surface area contributed by atoms with Gasteiger partial charge in [-0.25, -0.2) is 4.98 Å². The highest BCUT2D eigenvalue weighted by Gasteiger charge is 2.20. The van der Waals surface area contributed by atoms with Gasteiger partial charge in [0.25, 0.3) is 5.91 Å². The molecule has 168 valence electrons. The largest absolute Gasteiger partial charge is 0.383 e. The van der Waals surface area contributed by atoms with Crippen molar-refractivity contribution in [2.45, 2.75) is 26.7 Å². The molecular weight excluding hydrogens is 394 g/mol. The van der Waals surface area contributed by atoms with Crippen molar-refractivity contribution in [2.75, 3.05) is 68.7 Å². The second-order valence-electron chi connectivity index (χ2n) is 8.11. The zero-order valence-corrected chi connectivity index (χ0v) is 19.1. The Kier molecular flexibility index (Phi) is 7.81. The minimum atomic E-state index is -0.255. The number of carbonyl (C=O) groups is 1. The van der Waals surface area contributed by atoms with Gasteiger partial charge in [0, 0.05) is 45.5 Å². The number of ether oxygens (including phenoxy) is 2. The van der Waals surface area contributed by atoms with Crippen molar-refractivity contribution in [1.29, 1.82) is 0 Å². The molecule has 1 N–H and O–H groups in total. The van der Waals surface area contributed by atoms with Crippen molar-refractivity contribution in [1.82, 2.24) is 9.97 Å². The maximum Gasteiger partial charge on any atom is 0.274 e. The van der Waals surface area contributed by atoms with Crippen LogP contribution in [0.5, 0.6) is 0 Å². The summed E-state index contributed by atoms with van der Waals surface area (Å²) in [7, 11) is 3.60. The van der Waals surface area contributed by atoms with Gasteiger partial charge in [-0.2, -0.15) is 4.98 Å². The Balaban J connectivity index is 1.87. The average molecular weight is 428 g/mol. The number of benzene rings is 1. The zero-order chi connectivity index (χ0) is 22.4. The standard InChI is InChI=1S/C23H33N5O3/c1-16(2)19-7-6-18(14-17(19)3)24-22(29)20-15-21(27(4)8-11-30-5)26-23(25-20)28-9-12-31-13-10-28/h6-7,14-16H,8-13H2,1-5H3,(H,24,29). The number of morpholine rings is 1. The van der Waals surface area contributed by atoms with E-state index in [4.69, 9.17) is 14.5 Å². The summed E-state index contributed by atoms with van der Waals surface area (Å²) >= 11 is 0. The molecular formula is C23H33N5O3. The molecule has 1 fully saturated rings. The minimum Gasteiger partial charge on any atom is -0.383 e. The van der Waals surface area contributed by atoms with Crippen LogP contribution in [0.2, 0.25) is 0 Å². The summed E-state index contributed by atoms with van der Waals surface area (Å²) in [4.78, 5) is 26.4. The van der Waals surface area contributed by atoms with Crippen molar-refractivity contribution in [2.24, 2.45) is 0 Å². The van der Waals surface area contributed by atoms with Gasteiger partial charge in [0.2, 0.25) is 5.95 Å². The molecule has 8 nitrogen and oxygen atoms in total. The smallest absolute Gasteiger partial charge is 0.274 e. The highest BCUT2D eigenvalue weighted by atomic mass is 16.5. The van der Waals surface area contributed by atoms with Crippen LogP contribution < -0.4 is 15.1 Å². The lowest BCUT2D eigenvalue weighted by atomic mass is 9.98. The molecule has 0 unspecified atom stereocenters. The number of amides is 1. The summed E-state index contributed by atoms with van der Waals surface area (Å²) < 4.78 is 10.6. The van der Waals surface area contributed by atoms with Crippen molar-refractivity contribution in [3.05, 3.63) is 41.1 Å². The van der Waals surface area contributed by atoms with E-state index in [-0.39, 0.29) is 5.91 Å².